The van der Waals surface area contributed by atoms with E-state index in [1.807, 2.05) is 27.8 Å². The first-order chi connectivity index (χ1) is 21.8. The highest BCUT2D eigenvalue weighted by Crippen LogP contribution is 2.16. The molecule has 0 rings (SSSR count). The Morgan fingerprint density at radius 1 is 0.696 bits per heavy atom. The van der Waals surface area contributed by atoms with E-state index in [9.17, 15) is 24.0 Å². The number of imide groups is 2. The number of unbranched alkanes of at least 4 members (excludes halogenated alkanes) is 9. The zero-order valence-corrected chi connectivity index (χ0v) is 29.8. The number of urea groups is 2. The van der Waals surface area contributed by atoms with Crippen molar-refractivity contribution in [3.63, 3.8) is 0 Å². The van der Waals surface area contributed by atoms with Gasteiger partial charge in [0.2, 0.25) is 12.8 Å². The summed E-state index contributed by atoms with van der Waals surface area (Å²) in [6.45, 7) is 12.7. The van der Waals surface area contributed by atoms with Crippen molar-refractivity contribution in [1.82, 2.24) is 30.7 Å². The fourth-order valence-electron chi connectivity index (χ4n) is 4.50. The van der Waals surface area contributed by atoms with Crippen LogP contribution in [0.25, 0.3) is 0 Å². The van der Waals surface area contributed by atoms with Gasteiger partial charge in [0, 0.05) is 39.8 Å². The smallest absolute Gasteiger partial charge is 0.407 e. The van der Waals surface area contributed by atoms with E-state index < -0.39 is 23.8 Å². The highest BCUT2D eigenvalue weighted by molar-refractivity contribution is 5.97. The first-order valence-corrected chi connectivity index (χ1v) is 17.0. The Morgan fingerprint density at radius 2 is 1.24 bits per heavy atom. The third-order valence-corrected chi connectivity index (χ3v) is 7.18. The molecular weight excluding hydrogens is 592 g/mol. The lowest BCUT2D eigenvalue weighted by Crippen LogP contribution is -2.51. The molecule has 0 saturated heterocycles. The molecule has 0 aliphatic rings. The first-order valence-electron chi connectivity index (χ1n) is 17.0. The summed E-state index contributed by atoms with van der Waals surface area (Å²) < 4.78 is 11.2. The number of nitrogens with zero attached hydrogens (tertiary/aromatic N) is 3. The average Bonchev–Trinajstić information content (AvgIpc) is 2.99. The van der Waals surface area contributed by atoms with Crippen LogP contribution in [0.15, 0.2) is 0 Å². The Balaban J connectivity index is 4.87. The van der Waals surface area contributed by atoms with Crippen molar-refractivity contribution < 1.29 is 33.4 Å². The monoisotopic (exact) mass is 656 g/mol. The van der Waals surface area contributed by atoms with Gasteiger partial charge in [-0.2, -0.15) is 0 Å². The second-order valence-electron chi connectivity index (χ2n) is 13.3. The largest absolute Gasteiger partial charge is 0.441 e. The van der Waals surface area contributed by atoms with Crippen LogP contribution >= 0.6 is 0 Å². The first kappa shape index (κ1) is 43.1. The van der Waals surface area contributed by atoms with Crippen LogP contribution in [0, 0.1) is 0 Å². The van der Waals surface area contributed by atoms with Crippen molar-refractivity contribution in [2.75, 3.05) is 60.0 Å². The minimum Gasteiger partial charge on any atom is -0.441 e. The maximum absolute atomic E-state index is 13.4. The third kappa shape index (κ3) is 22.6. The van der Waals surface area contributed by atoms with Crippen molar-refractivity contribution in [3.05, 3.63) is 0 Å². The molecule has 13 heteroatoms. The number of carbonyl (C=O) groups excluding carboxylic acids is 5. The number of hydrogen-bond acceptors (Lipinski definition) is 8. The summed E-state index contributed by atoms with van der Waals surface area (Å²) in [6.07, 6.45) is 10.5. The van der Waals surface area contributed by atoms with Crippen molar-refractivity contribution in [2.45, 2.75) is 123 Å². The number of carbonyl (C=O) groups is 5. The molecule has 13 nitrogen and oxygen atoms in total. The Kier molecular flexibility index (Phi) is 23.6. The normalized spacial score (nSPS) is 11.5. The van der Waals surface area contributed by atoms with Gasteiger partial charge in [-0.1, -0.05) is 38.5 Å². The summed E-state index contributed by atoms with van der Waals surface area (Å²) in [7, 11) is 3.62. The standard InChI is InChI=1S/C33H64N6O7/c1-32(2,3)45-26-33(4,5)46-29(42)36-22-16-10-13-19-25-39(30(43)37(7)23-17-11-8-14-20-34-6)31(44)38(28-41)24-18-12-9-15-21-35-27-40/h27-28,34H,8-26H2,1-7H3,(H,35,40)(H,36,42). The number of rotatable bonds is 26. The number of amides is 7. The van der Waals surface area contributed by atoms with Gasteiger partial charge in [-0.15, -0.1) is 0 Å². The summed E-state index contributed by atoms with van der Waals surface area (Å²) in [5, 5.41) is 8.52. The van der Waals surface area contributed by atoms with Crippen LogP contribution in [0.4, 0.5) is 14.4 Å². The van der Waals surface area contributed by atoms with Crippen molar-refractivity contribution >= 4 is 31.0 Å². The van der Waals surface area contributed by atoms with Gasteiger partial charge in [0.05, 0.1) is 12.2 Å². The maximum atomic E-state index is 13.4. The summed E-state index contributed by atoms with van der Waals surface area (Å²) in [4.78, 5) is 65.0. The fraction of sp³-hybridized carbons (Fsp3) is 0.848. The van der Waals surface area contributed by atoms with E-state index in [4.69, 9.17) is 9.47 Å². The van der Waals surface area contributed by atoms with Crippen LogP contribution in [-0.4, -0.2) is 117 Å². The zero-order valence-electron chi connectivity index (χ0n) is 29.8. The molecule has 7 amide bonds. The molecule has 0 aromatic rings. The van der Waals surface area contributed by atoms with Crippen LogP contribution in [0.1, 0.15) is 112 Å². The minimum atomic E-state index is -0.760. The molecule has 0 spiro atoms. The predicted octanol–water partition coefficient (Wildman–Crippen LogP) is 4.89. The highest BCUT2D eigenvalue weighted by Gasteiger charge is 2.28. The predicted molar refractivity (Wildman–Crippen MR) is 181 cm³/mol. The summed E-state index contributed by atoms with van der Waals surface area (Å²) in [5.41, 5.74) is -1.09. The van der Waals surface area contributed by atoms with Crippen LogP contribution < -0.4 is 16.0 Å². The molecule has 0 bridgehead atoms. The van der Waals surface area contributed by atoms with Crippen LogP contribution in [0.3, 0.4) is 0 Å². The summed E-state index contributed by atoms with van der Waals surface area (Å²) in [5.74, 6) is 0. The molecule has 0 aliphatic carbocycles. The second kappa shape index (κ2) is 25.2. The number of nitrogens with one attached hydrogen (secondary N) is 3. The van der Waals surface area contributed by atoms with E-state index in [0.717, 1.165) is 69.2 Å². The van der Waals surface area contributed by atoms with Gasteiger partial charge < -0.3 is 30.3 Å². The molecule has 46 heavy (non-hydrogen) atoms. The molecule has 0 atom stereocenters. The molecule has 268 valence electrons. The Bertz CT molecular complexity index is 866. The molecule has 0 saturated carbocycles. The van der Waals surface area contributed by atoms with Crippen LogP contribution in [-0.2, 0) is 19.1 Å². The molecule has 0 heterocycles. The van der Waals surface area contributed by atoms with E-state index in [2.05, 4.69) is 16.0 Å². The molecule has 0 aromatic carbocycles. The Hall–Kier alpha value is -2.93. The SMILES string of the molecule is CNCCCCCCN(C)C(=O)N(CCCCCCNC(=O)OC(C)(C)COC(C)(C)C)C(=O)N(C=O)CCCCCCNC=O. The molecular formula is C33H64N6O7. The molecule has 0 radical (unpaired) electrons. The molecule has 0 fully saturated rings. The maximum Gasteiger partial charge on any atom is 0.407 e. The van der Waals surface area contributed by atoms with E-state index in [1.165, 1.54) is 4.90 Å². The zero-order chi connectivity index (χ0) is 34.8. The molecule has 3 N–H and O–H groups in total. The molecule has 0 aliphatic heterocycles. The fourth-order valence-corrected chi connectivity index (χ4v) is 4.50. The third-order valence-electron chi connectivity index (χ3n) is 7.18. The highest BCUT2D eigenvalue weighted by atomic mass is 16.6. The lowest BCUT2D eigenvalue weighted by atomic mass is 10.1. The van der Waals surface area contributed by atoms with Gasteiger partial charge in [0.15, 0.2) is 0 Å². The van der Waals surface area contributed by atoms with Crippen molar-refractivity contribution in [2.24, 2.45) is 0 Å². The Morgan fingerprint density at radius 3 is 1.80 bits per heavy atom. The number of hydrogen-bond donors (Lipinski definition) is 3. The van der Waals surface area contributed by atoms with Gasteiger partial charge in [-0.25, -0.2) is 19.3 Å². The average molecular weight is 657 g/mol. The number of ether oxygens (including phenoxy) is 2. The second-order valence-corrected chi connectivity index (χ2v) is 13.3. The van der Waals surface area contributed by atoms with Gasteiger partial charge in [0.1, 0.15) is 5.60 Å². The minimum absolute atomic E-state index is 0.198. The van der Waals surface area contributed by atoms with Crippen LogP contribution in [0.2, 0.25) is 0 Å². The van der Waals surface area contributed by atoms with E-state index >= 15 is 0 Å². The van der Waals surface area contributed by atoms with Gasteiger partial charge in [-0.3, -0.25) is 14.5 Å². The summed E-state index contributed by atoms with van der Waals surface area (Å²) in [6, 6.07) is -1.01. The lowest BCUT2D eigenvalue weighted by molar-refractivity contribution is -0.116. The summed E-state index contributed by atoms with van der Waals surface area (Å²) >= 11 is 0. The lowest BCUT2D eigenvalue weighted by Gasteiger charge is -2.30. The number of alkyl carbamates (subject to hydrolysis) is 1. The van der Waals surface area contributed by atoms with Crippen molar-refractivity contribution in [3.8, 4) is 0 Å². The topological polar surface area (TPSA) is 150 Å². The van der Waals surface area contributed by atoms with Crippen molar-refractivity contribution in [1.29, 1.82) is 0 Å². The van der Waals surface area contributed by atoms with E-state index in [0.29, 0.717) is 51.7 Å². The molecule has 0 aromatic heterocycles. The van der Waals surface area contributed by atoms with E-state index in [-0.39, 0.29) is 25.3 Å². The van der Waals surface area contributed by atoms with E-state index in [1.54, 1.807) is 25.8 Å². The quantitative estimate of drug-likeness (QED) is 0.0881. The van der Waals surface area contributed by atoms with Crippen LogP contribution in [0.5, 0.6) is 0 Å². The van der Waals surface area contributed by atoms with Gasteiger partial charge in [-0.05, 0) is 86.7 Å². The van der Waals surface area contributed by atoms with Gasteiger partial charge in [0.25, 0.3) is 0 Å². The molecule has 0 unspecified atom stereocenters. The Labute approximate surface area is 277 Å². The van der Waals surface area contributed by atoms with Gasteiger partial charge >= 0.3 is 18.2 Å².